The number of piperazine rings is 1. The first-order valence-electron chi connectivity index (χ1n) is 7.19. The minimum Gasteiger partial charge on any atom is -0.481 e. The van der Waals surface area contributed by atoms with Gasteiger partial charge >= 0.3 is 5.97 Å². The molecule has 4 nitrogen and oxygen atoms in total. The fourth-order valence-electron chi connectivity index (χ4n) is 2.93. The molecule has 0 spiro atoms. The summed E-state index contributed by atoms with van der Waals surface area (Å²) in [4.78, 5) is 15.8. The molecule has 20 heavy (non-hydrogen) atoms. The van der Waals surface area contributed by atoms with Crippen LogP contribution in [-0.2, 0) is 4.79 Å². The van der Waals surface area contributed by atoms with Crippen molar-refractivity contribution in [2.45, 2.75) is 26.3 Å². The molecule has 0 aliphatic carbocycles. The van der Waals surface area contributed by atoms with Crippen molar-refractivity contribution in [3.63, 3.8) is 0 Å². The largest absolute Gasteiger partial charge is 0.481 e. The van der Waals surface area contributed by atoms with E-state index in [-0.39, 0.29) is 12.5 Å². The van der Waals surface area contributed by atoms with Crippen molar-refractivity contribution in [3.8, 4) is 0 Å². The average molecular weight is 276 g/mol. The molecule has 0 aromatic heterocycles. The van der Waals surface area contributed by atoms with Crippen LogP contribution in [0.25, 0.3) is 0 Å². The first kappa shape index (κ1) is 15.0. The summed E-state index contributed by atoms with van der Waals surface area (Å²) in [6.07, 6.45) is 0.174. The van der Waals surface area contributed by atoms with Crippen LogP contribution in [0, 0.1) is 13.8 Å². The van der Waals surface area contributed by atoms with Crippen molar-refractivity contribution >= 4 is 5.97 Å². The summed E-state index contributed by atoms with van der Waals surface area (Å²) in [6, 6.07) is 6.30. The summed E-state index contributed by atoms with van der Waals surface area (Å²) in [5, 5.41) is 9.24. The Hall–Kier alpha value is -1.39. The van der Waals surface area contributed by atoms with Crippen LogP contribution in [0.3, 0.4) is 0 Å². The second kappa shape index (κ2) is 6.37. The number of aryl methyl sites for hydroxylation is 2. The molecule has 0 bridgehead atoms. The van der Waals surface area contributed by atoms with Gasteiger partial charge in [-0.25, -0.2) is 0 Å². The summed E-state index contributed by atoms with van der Waals surface area (Å²) >= 11 is 0. The van der Waals surface area contributed by atoms with Gasteiger partial charge in [-0.1, -0.05) is 23.8 Å². The van der Waals surface area contributed by atoms with E-state index in [0.29, 0.717) is 0 Å². The molecular formula is C16H24N2O2. The van der Waals surface area contributed by atoms with Gasteiger partial charge in [0.05, 0.1) is 6.42 Å². The molecule has 1 unspecified atom stereocenters. The summed E-state index contributed by atoms with van der Waals surface area (Å²) in [5.41, 5.74) is 3.57. The molecule has 1 aromatic carbocycles. The number of hydrogen-bond acceptors (Lipinski definition) is 3. The van der Waals surface area contributed by atoms with E-state index in [4.69, 9.17) is 0 Å². The molecule has 1 N–H and O–H groups in total. The molecule has 1 aliphatic heterocycles. The molecule has 0 amide bonds. The van der Waals surface area contributed by atoms with E-state index in [1.165, 1.54) is 11.1 Å². The Balaban J connectivity index is 2.24. The second-order valence-electron chi connectivity index (χ2n) is 5.81. The standard InChI is InChI=1S/C16H24N2O2/c1-12-4-5-14(13(2)10-12)15(11-16(19)20)18-8-6-17(3)7-9-18/h4-5,10,15H,6-9,11H2,1-3H3,(H,19,20). The lowest BCUT2D eigenvalue weighted by molar-refractivity contribution is -0.138. The first-order chi connectivity index (χ1) is 9.47. The van der Waals surface area contributed by atoms with Crippen molar-refractivity contribution in [3.05, 3.63) is 34.9 Å². The number of carboxylic acids is 1. The van der Waals surface area contributed by atoms with Crippen LogP contribution in [0.2, 0.25) is 0 Å². The second-order valence-corrected chi connectivity index (χ2v) is 5.81. The molecule has 4 heteroatoms. The first-order valence-corrected chi connectivity index (χ1v) is 7.19. The minimum absolute atomic E-state index is 0.0122. The number of benzene rings is 1. The molecule has 2 rings (SSSR count). The number of likely N-dealkylation sites (N-methyl/N-ethyl adjacent to an activating group) is 1. The van der Waals surface area contributed by atoms with Gasteiger partial charge in [-0.15, -0.1) is 0 Å². The van der Waals surface area contributed by atoms with Gasteiger partial charge in [-0.2, -0.15) is 0 Å². The van der Waals surface area contributed by atoms with Crippen LogP contribution < -0.4 is 0 Å². The predicted molar refractivity (Wildman–Crippen MR) is 80.0 cm³/mol. The molecule has 1 saturated heterocycles. The summed E-state index contributed by atoms with van der Waals surface area (Å²) in [6.45, 7) is 8.01. The van der Waals surface area contributed by atoms with Crippen molar-refractivity contribution in [1.29, 1.82) is 0 Å². The summed E-state index contributed by atoms with van der Waals surface area (Å²) < 4.78 is 0. The van der Waals surface area contributed by atoms with E-state index in [2.05, 4.69) is 48.9 Å². The van der Waals surface area contributed by atoms with Crippen molar-refractivity contribution in [2.24, 2.45) is 0 Å². The third-order valence-corrected chi connectivity index (χ3v) is 4.13. The Morgan fingerprint density at radius 3 is 2.45 bits per heavy atom. The number of carbonyl (C=O) groups is 1. The van der Waals surface area contributed by atoms with Gasteiger partial charge < -0.3 is 10.0 Å². The number of hydrogen-bond donors (Lipinski definition) is 1. The predicted octanol–water partition coefficient (Wildman–Crippen LogP) is 2.07. The fourth-order valence-corrected chi connectivity index (χ4v) is 2.93. The van der Waals surface area contributed by atoms with Crippen LogP contribution >= 0.6 is 0 Å². The Kier molecular flexibility index (Phi) is 4.78. The van der Waals surface area contributed by atoms with E-state index in [1.807, 2.05) is 0 Å². The minimum atomic E-state index is -0.728. The fraction of sp³-hybridized carbons (Fsp3) is 0.562. The molecule has 0 saturated carbocycles. The number of nitrogens with zero attached hydrogens (tertiary/aromatic N) is 2. The van der Waals surface area contributed by atoms with Crippen LogP contribution in [0.4, 0.5) is 0 Å². The molecule has 1 heterocycles. The smallest absolute Gasteiger partial charge is 0.305 e. The summed E-state index contributed by atoms with van der Waals surface area (Å²) in [7, 11) is 2.11. The average Bonchev–Trinajstić information content (AvgIpc) is 2.37. The number of carboxylic acid groups (broad SMARTS) is 1. The Bertz CT molecular complexity index is 479. The maximum absolute atomic E-state index is 11.2. The SMILES string of the molecule is Cc1ccc(C(CC(=O)O)N2CCN(C)CC2)c(C)c1. The Morgan fingerprint density at radius 2 is 1.90 bits per heavy atom. The van der Waals surface area contributed by atoms with Crippen LogP contribution in [0.1, 0.15) is 29.2 Å². The highest BCUT2D eigenvalue weighted by molar-refractivity contribution is 5.68. The Labute approximate surface area is 121 Å². The van der Waals surface area contributed by atoms with Crippen LogP contribution in [0.15, 0.2) is 18.2 Å². The van der Waals surface area contributed by atoms with Gasteiger partial charge in [0.15, 0.2) is 0 Å². The third-order valence-electron chi connectivity index (χ3n) is 4.13. The summed E-state index contributed by atoms with van der Waals surface area (Å²) in [5.74, 6) is -0.728. The zero-order chi connectivity index (χ0) is 14.7. The number of aliphatic carboxylic acids is 1. The molecule has 0 radical (unpaired) electrons. The highest BCUT2D eigenvalue weighted by atomic mass is 16.4. The van der Waals surface area contributed by atoms with Crippen LogP contribution in [-0.4, -0.2) is 54.1 Å². The highest BCUT2D eigenvalue weighted by Crippen LogP contribution is 2.28. The lowest BCUT2D eigenvalue weighted by atomic mass is 9.95. The molecule has 1 aromatic rings. The van der Waals surface area contributed by atoms with Crippen molar-refractivity contribution in [1.82, 2.24) is 9.80 Å². The molecule has 1 fully saturated rings. The van der Waals surface area contributed by atoms with Crippen LogP contribution in [0.5, 0.6) is 0 Å². The molecule has 110 valence electrons. The lowest BCUT2D eigenvalue weighted by Gasteiger charge is -2.38. The molecule has 1 atom stereocenters. The van der Waals surface area contributed by atoms with E-state index in [0.717, 1.165) is 31.7 Å². The quantitative estimate of drug-likeness (QED) is 0.914. The maximum atomic E-state index is 11.2. The third kappa shape index (κ3) is 3.58. The molecule has 1 aliphatic rings. The zero-order valence-electron chi connectivity index (χ0n) is 12.6. The van der Waals surface area contributed by atoms with E-state index in [1.54, 1.807) is 0 Å². The maximum Gasteiger partial charge on any atom is 0.305 e. The van der Waals surface area contributed by atoms with Gasteiger partial charge in [0.1, 0.15) is 0 Å². The van der Waals surface area contributed by atoms with E-state index >= 15 is 0 Å². The van der Waals surface area contributed by atoms with Gasteiger partial charge in [-0.05, 0) is 32.0 Å². The topological polar surface area (TPSA) is 43.8 Å². The van der Waals surface area contributed by atoms with Gasteiger partial charge in [0, 0.05) is 32.2 Å². The highest BCUT2D eigenvalue weighted by Gasteiger charge is 2.26. The lowest BCUT2D eigenvalue weighted by Crippen LogP contribution is -2.46. The van der Waals surface area contributed by atoms with Crippen molar-refractivity contribution in [2.75, 3.05) is 33.2 Å². The van der Waals surface area contributed by atoms with E-state index in [9.17, 15) is 9.90 Å². The Morgan fingerprint density at radius 1 is 1.25 bits per heavy atom. The van der Waals surface area contributed by atoms with Gasteiger partial charge in [-0.3, -0.25) is 9.69 Å². The van der Waals surface area contributed by atoms with Crippen molar-refractivity contribution < 1.29 is 9.90 Å². The van der Waals surface area contributed by atoms with Gasteiger partial charge in [0.25, 0.3) is 0 Å². The number of rotatable bonds is 4. The van der Waals surface area contributed by atoms with Gasteiger partial charge in [0.2, 0.25) is 0 Å². The zero-order valence-corrected chi connectivity index (χ0v) is 12.6. The normalized spacial score (nSPS) is 18.9. The monoisotopic (exact) mass is 276 g/mol. The molecular weight excluding hydrogens is 252 g/mol. The van der Waals surface area contributed by atoms with E-state index < -0.39 is 5.97 Å².